The van der Waals surface area contributed by atoms with Crippen molar-refractivity contribution >= 4 is 5.69 Å². The predicted octanol–water partition coefficient (Wildman–Crippen LogP) is 3.74. The Balaban J connectivity index is 2.36. The number of hydrogen-bond acceptors (Lipinski definition) is 3. The molecular formula is C14H13F2NO2. The second-order valence-corrected chi connectivity index (χ2v) is 3.80. The number of anilines is 1. The van der Waals surface area contributed by atoms with Gasteiger partial charge >= 0.3 is 0 Å². The van der Waals surface area contributed by atoms with Crippen LogP contribution in [0.3, 0.4) is 0 Å². The highest BCUT2D eigenvalue weighted by Gasteiger charge is 2.15. The van der Waals surface area contributed by atoms with Gasteiger partial charge in [0.15, 0.2) is 28.9 Å². The van der Waals surface area contributed by atoms with E-state index in [0.29, 0.717) is 12.4 Å². The molecule has 0 radical (unpaired) electrons. The number of hydrogen-bond donors (Lipinski definition) is 1. The molecule has 0 aromatic heterocycles. The highest BCUT2D eigenvalue weighted by molar-refractivity contribution is 5.47. The molecule has 0 atom stereocenters. The highest BCUT2D eigenvalue weighted by Crippen LogP contribution is 2.34. The van der Waals surface area contributed by atoms with Crippen molar-refractivity contribution in [3.8, 4) is 17.2 Å². The summed E-state index contributed by atoms with van der Waals surface area (Å²) in [6.07, 6.45) is 0. The molecule has 0 saturated heterocycles. The van der Waals surface area contributed by atoms with E-state index < -0.39 is 17.4 Å². The van der Waals surface area contributed by atoms with Crippen LogP contribution >= 0.6 is 0 Å². The standard InChI is InChI=1S/C14H13F2NO2/c1-2-18-12-5-3-4-6-13(12)19-14-10(15)7-9(17)8-11(14)16/h3-8H,2,17H2,1H3. The molecule has 0 aliphatic carbocycles. The van der Waals surface area contributed by atoms with Crippen LogP contribution in [-0.4, -0.2) is 6.61 Å². The molecule has 0 bridgehead atoms. The Bertz CT molecular complexity index is 564. The maximum absolute atomic E-state index is 13.6. The quantitative estimate of drug-likeness (QED) is 0.856. The Morgan fingerprint density at radius 3 is 2.21 bits per heavy atom. The summed E-state index contributed by atoms with van der Waals surface area (Å²) < 4.78 is 37.8. The van der Waals surface area contributed by atoms with Crippen LogP contribution < -0.4 is 15.2 Å². The average Bonchev–Trinajstić information content (AvgIpc) is 2.36. The Morgan fingerprint density at radius 2 is 1.63 bits per heavy atom. The molecule has 5 heteroatoms. The minimum atomic E-state index is -0.858. The summed E-state index contributed by atoms with van der Waals surface area (Å²) in [5, 5.41) is 0. The van der Waals surface area contributed by atoms with Gasteiger partial charge in [0.2, 0.25) is 0 Å². The summed E-state index contributed by atoms with van der Waals surface area (Å²) in [5.74, 6) is -1.55. The Morgan fingerprint density at radius 1 is 1.05 bits per heavy atom. The van der Waals surface area contributed by atoms with Crippen LogP contribution in [0.5, 0.6) is 17.2 Å². The van der Waals surface area contributed by atoms with Gasteiger partial charge in [0.05, 0.1) is 6.61 Å². The first-order valence-electron chi connectivity index (χ1n) is 5.76. The van der Waals surface area contributed by atoms with Crippen LogP contribution in [0.4, 0.5) is 14.5 Å². The van der Waals surface area contributed by atoms with Crippen molar-refractivity contribution in [2.75, 3.05) is 12.3 Å². The Hall–Kier alpha value is -2.30. The SMILES string of the molecule is CCOc1ccccc1Oc1c(F)cc(N)cc1F. The number of ether oxygens (including phenoxy) is 2. The van der Waals surface area contributed by atoms with E-state index in [9.17, 15) is 8.78 Å². The second-order valence-electron chi connectivity index (χ2n) is 3.80. The largest absolute Gasteiger partial charge is 0.490 e. The number of rotatable bonds is 4. The van der Waals surface area contributed by atoms with Crippen LogP contribution in [0.25, 0.3) is 0 Å². The molecule has 0 aliphatic heterocycles. The number of para-hydroxylation sites is 2. The molecular weight excluding hydrogens is 252 g/mol. The van der Waals surface area contributed by atoms with Gasteiger partial charge < -0.3 is 15.2 Å². The van der Waals surface area contributed by atoms with Crippen molar-refractivity contribution in [3.05, 3.63) is 48.0 Å². The first kappa shape index (κ1) is 13.1. The first-order valence-corrected chi connectivity index (χ1v) is 5.76. The molecule has 2 aromatic carbocycles. The minimum Gasteiger partial charge on any atom is -0.490 e. The molecule has 0 fully saturated rings. The van der Waals surface area contributed by atoms with E-state index >= 15 is 0 Å². The summed E-state index contributed by atoms with van der Waals surface area (Å²) in [5.41, 5.74) is 5.34. The fourth-order valence-electron chi connectivity index (χ4n) is 1.60. The molecule has 2 aromatic rings. The zero-order valence-electron chi connectivity index (χ0n) is 10.3. The van der Waals surface area contributed by atoms with Crippen molar-refractivity contribution in [1.82, 2.24) is 0 Å². The first-order chi connectivity index (χ1) is 9.11. The van der Waals surface area contributed by atoms with Crippen LogP contribution in [0.2, 0.25) is 0 Å². The van der Waals surface area contributed by atoms with Crippen LogP contribution in [0, 0.1) is 11.6 Å². The molecule has 0 saturated carbocycles. The van der Waals surface area contributed by atoms with Gasteiger partial charge in [0.1, 0.15) is 0 Å². The van der Waals surface area contributed by atoms with Crippen molar-refractivity contribution in [2.45, 2.75) is 6.92 Å². The van der Waals surface area contributed by atoms with E-state index in [2.05, 4.69) is 0 Å². The van der Waals surface area contributed by atoms with Crippen LogP contribution in [0.15, 0.2) is 36.4 Å². The van der Waals surface area contributed by atoms with E-state index in [1.165, 1.54) is 0 Å². The molecule has 0 amide bonds. The fraction of sp³-hybridized carbons (Fsp3) is 0.143. The predicted molar refractivity (Wildman–Crippen MR) is 68.5 cm³/mol. The van der Waals surface area contributed by atoms with Gasteiger partial charge in [-0.2, -0.15) is 0 Å². The van der Waals surface area contributed by atoms with E-state index in [1.54, 1.807) is 31.2 Å². The van der Waals surface area contributed by atoms with Gasteiger partial charge in [-0.05, 0) is 19.1 Å². The lowest BCUT2D eigenvalue weighted by molar-refractivity contribution is 0.315. The molecule has 3 nitrogen and oxygen atoms in total. The van der Waals surface area contributed by atoms with E-state index in [1.807, 2.05) is 0 Å². The topological polar surface area (TPSA) is 44.5 Å². The van der Waals surface area contributed by atoms with Gasteiger partial charge in [0, 0.05) is 17.8 Å². The lowest BCUT2D eigenvalue weighted by Crippen LogP contribution is -1.98. The third kappa shape index (κ3) is 2.93. The molecule has 100 valence electrons. The van der Waals surface area contributed by atoms with Crippen LogP contribution in [0.1, 0.15) is 6.92 Å². The number of benzene rings is 2. The average molecular weight is 265 g/mol. The zero-order chi connectivity index (χ0) is 13.8. The molecule has 0 spiro atoms. The van der Waals surface area contributed by atoms with Gasteiger partial charge in [0.25, 0.3) is 0 Å². The summed E-state index contributed by atoms with van der Waals surface area (Å²) >= 11 is 0. The number of nitrogens with two attached hydrogens (primary N) is 1. The molecule has 2 N–H and O–H groups in total. The number of halogens is 2. The van der Waals surface area contributed by atoms with E-state index in [-0.39, 0.29) is 11.4 Å². The lowest BCUT2D eigenvalue weighted by atomic mass is 10.2. The number of nitrogen functional groups attached to an aromatic ring is 1. The van der Waals surface area contributed by atoms with Crippen molar-refractivity contribution in [3.63, 3.8) is 0 Å². The van der Waals surface area contributed by atoms with E-state index in [0.717, 1.165) is 12.1 Å². The minimum absolute atomic E-state index is 0.000410. The maximum atomic E-state index is 13.6. The van der Waals surface area contributed by atoms with Crippen molar-refractivity contribution < 1.29 is 18.3 Å². The van der Waals surface area contributed by atoms with Crippen molar-refractivity contribution in [1.29, 1.82) is 0 Å². The van der Waals surface area contributed by atoms with Gasteiger partial charge in [-0.15, -0.1) is 0 Å². The van der Waals surface area contributed by atoms with Gasteiger partial charge in [-0.1, -0.05) is 12.1 Å². The maximum Gasteiger partial charge on any atom is 0.198 e. The fourth-order valence-corrected chi connectivity index (χ4v) is 1.60. The third-order valence-electron chi connectivity index (χ3n) is 2.38. The molecule has 0 aliphatic rings. The van der Waals surface area contributed by atoms with Crippen molar-refractivity contribution in [2.24, 2.45) is 0 Å². The van der Waals surface area contributed by atoms with E-state index in [4.69, 9.17) is 15.2 Å². The monoisotopic (exact) mass is 265 g/mol. The normalized spacial score (nSPS) is 10.3. The second kappa shape index (κ2) is 5.56. The Kier molecular flexibility index (Phi) is 3.85. The lowest BCUT2D eigenvalue weighted by Gasteiger charge is -2.12. The highest BCUT2D eigenvalue weighted by atomic mass is 19.1. The molecule has 0 heterocycles. The smallest absolute Gasteiger partial charge is 0.198 e. The summed E-state index contributed by atoms with van der Waals surface area (Å²) in [4.78, 5) is 0. The van der Waals surface area contributed by atoms with Crippen LogP contribution in [-0.2, 0) is 0 Å². The summed E-state index contributed by atoms with van der Waals surface area (Å²) in [6, 6.07) is 8.66. The summed E-state index contributed by atoms with van der Waals surface area (Å²) in [7, 11) is 0. The zero-order valence-corrected chi connectivity index (χ0v) is 10.3. The molecule has 2 rings (SSSR count). The third-order valence-corrected chi connectivity index (χ3v) is 2.38. The Labute approximate surface area is 109 Å². The van der Waals surface area contributed by atoms with Gasteiger partial charge in [-0.3, -0.25) is 0 Å². The molecule has 0 unspecified atom stereocenters. The molecule has 19 heavy (non-hydrogen) atoms. The summed E-state index contributed by atoms with van der Waals surface area (Å²) in [6.45, 7) is 2.23. The van der Waals surface area contributed by atoms with Gasteiger partial charge in [-0.25, -0.2) is 8.78 Å².